The zero-order valence-corrected chi connectivity index (χ0v) is 21.6. The van der Waals surface area contributed by atoms with Gasteiger partial charge in [-0.15, -0.1) is 11.6 Å². The van der Waals surface area contributed by atoms with Crippen LogP contribution >= 0.6 is 11.6 Å². The lowest BCUT2D eigenvalue weighted by atomic mass is 10.1. The van der Waals surface area contributed by atoms with Gasteiger partial charge in [0.25, 0.3) is 0 Å². The van der Waals surface area contributed by atoms with Crippen molar-refractivity contribution in [1.82, 2.24) is 29.4 Å². The van der Waals surface area contributed by atoms with Crippen LogP contribution in [0.5, 0.6) is 0 Å². The van der Waals surface area contributed by atoms with Crippen molar-refractivity contribution in [3.8, 4) is 11.3 Å². The summed E-state index contributed by atoms with van der Waals surface area (Å²) >= 11 is 5.69. The number of amides is 1. The second-order valence-corrected chi connectivity index (χ2v) is 10.1. The number of nitrogens with zero attached hydrogens (tertiary/aromatic N) is 6. The van der Waals surface area contributed by atoms with Crippen molar-refractivity contribution in [3.63, 3.8) is 0 Å². The Balaban J connectivity index is 1.31. The summed E-state index contributed by atoms with van der Waals surface area (Å²) in [7, 11) is 0. The molecule has 1 aromatic carbocycles. The van der Waals surface area contributed by atoms with Crippen LogP contribution in [0.3, 0.4) is 0 Å². The summed E-state index contributed by atoms with van der Waals surface area (Å²) in [4.78, 5) is 31.2. The highest BCUT2D eigenvalue weighted by Crippen LogP contribution is 2.36. The van der Waals surface area contributed by atoms with Crippen molar-refractivity contribution < 1.29 is 13.6 Å². The molecule has 11 heteroatoms. The lowest BCUT2D eigenvalue weighted by Crippen LogP contribution is -2.37. The number of anilines is 2. The van der Waals surface area contributed by atoms with Gasteiger partial charge in [0.05, 0.1) is 11.7 Å². The smallest absolute Gasteiger partial charge is 0.237 e. The molecule has 1 aliphatic carbocycles. The van der Waals surface area contributed by atoms with Gasteiger partial charge in [-0.05, 0) is 43.5 Å². The van der Waals surface area contributed by atoms with Crippen LogP contribution in [0, 0.1) is 18.6 Å². The molecule has 4 heterocycles. The molecule has 1 amide bonds. The van der Waals surface area contributed by atoms with Gasteiger partial charge in [-0.25, -0.2) is 28.7 Å². The molecule has 196 valence electrons. The van der Waals surface area contributed by atoms with Gasteiger partial charge in [0, 0.05) is 36.8 Å². The van der Waals surface area contributed by atoms with E-state index < -0.39 is 11.6 Å². The Hall–Kier alpha value is -3.66. The van der Waals surface area contributed by atoms with Gasteiger partial charge < -0.3 is 14.8 Å². The molecule has 0 bridgehead atoms. The van der Waals surface area contributed by atoms with Gasteiger partial charge in [0.15, 0.2) is 11.6 Å². The molecule has 0 atom stereocenters. The van der Waals surface area contributed by atoms with Crippen LogP contribution < -0.4 is 5.32 Å². The van der Waals surface area contributed by atoms with E-state index in [0.29, 0.717) is 36.4 Å². The fourth-order valence-corrected chi connectivity index (χ4v) is 5.73. The van der Waals surface area contributed by atoms with Crippen LogP contribution in [0.2, 0.25) is 0 Å². The quantitative estimate of drug-likeness (QED) is 0.340. The number of benzene rings is 1. The number of aryl methyl sites for hydroxylation is 1. The highest BCUT2D eigenvalue weighted by Gasteiger charge is 2.24. The largest absolute Gasteiger partial charge is 0.337 e. The van der Waals surface area contributed by atoms with Crippen molar-refractivity contribution in [2.45, 2.75) is 51.6 Å². The van der Waals surface area contributed by atoms with Gasteiger partial charge in [-0.2, -0.15) is 0 Å². The number of halogens is 3. The number of imidazole rings is 1. The highest BCUT2D eigenvalue weighted by molar-refractivity contribution is 6.27. The van der Waals surface area contributed by atoms with E-state index in [1.807, 2.05) is 13.0 Å². The molecule has 1 fully saturated rings. The second kappa shape index (κ2) is 9.90. The van der Waals surface area contributed by atoms with Crippen LogP contribution in [0.15, 0.2) is 30.5 Å². The molecule has 3 aromatic heterocycles. The Kier molecular flexibility index (Phi) is 6.43. The maximum atomic E-state index is 15.2. The van der Waals surface area contributed by atoms with Crippen molar-refractivity contribution in [2.24, 2.45) is 0 Å². The second-order valence-electron chi connectivity index (χ2n) is 9.81. The van der Waals surface area contributed by atoms with Gasteiger partial charge in [0.1, 0.15) is 28.7 Å². The topological polar surface area (TPSA) is 88.8 Å². The highest BCUT2D eigenvalue weighted by atomic mass is 35.5. The van der Waals surface area contributed by atoms with E-state index in [1.165, 1.54) is 6.07 Å². The Labute approximate surface area is 223 Å². The number of carbonyl (C=O) groups excluding carboxylic acids is 1. The first-order chi connectivity index (χ1) is 18.4. The minimum absolute atomic E-state index is 0.00619. The Bertz CT molecular complexity index is 1550. The first kappa shape index (κ1) is 24.7. The van der Waals surface area contributed by atoms with Crippen LogP contribution in [0.1, 0.15) is 48.8 Å². The third kappa shape index (κ3) is 4.47. The number of hydrogen-bond donors (Lipinski definition) is 1. The minimum Gasteiger partial charge on any atom is -0.337 e. The average molecular weight is 538 g/mol. The summed E-state index contributed by atoms with van der Waals surface area (Å²) < 4.78 is 32.2. The average Bonchev–Trinajstić information content (AvgIpc) is 3.56. The molecular formula is C27H26ClF2N7O. The molecule has 1 saturated carbocycles. The molecule has 0 unspecified atom stereocenters. The van der Waals surface area contributed by atoms with Crippen molar-refractivity contribution in [2.75, 3.05) is 17.7 Å². The van der Waals surface area contributed by atoms with E-state index in [2.05, 4.69) is 29.8 Å². The molecule has 2 aliphatic rings. The number of hydrogen-bond acceptors (Lipinski definition) is 6. The molecular weight excluding hydrogens is 512 g/mol. The fraction of sp³-hybridized carbons (Fsp3) is 0.370. The molecule has 1 N–H and O–H groups in total. The number of aromatic nitrogens is 5. The molecule has 4 aromatic rings. The van der Waals surface area contributed by atoms with E-state index in [1.54, 1.807) is 17.0 Å². The fourth-order valence-electron chi connectivity index (χ4n) is 5.56. The van der Waals surface area contributed by atoms with Crippen LogP contribution in [-0.2, 0) is 17.8 Å². The standard InChI is InChI=1S/C27H26ClF2N7O/c1-15-32-26-19(29)10-17(11-22(26)37(15)18-4-2-3-5-18)25-20(30)13-31-27(35-25)34-23-7-6-16-14-36(24(38)12-28)9-8-21(16)33-23/h6-7,10-11,13,18H,2-5,8-9,12,14H2,1H3,(H,31,33,34,35). The van der Waals surface area contributed by atoms with Crippen molar-refractivity contribution in [3.05, 3.63) is 59.2 Å². The summed E-state index contributed by atoms with van der Waals surface area (Å²) in [5.74, 6) is 0.0688. The van der Waals surface area contributed by atoms with E-state index in [-0.39, 0.29) is 35.0 Å². The summed E-state index contributed by atoms with van der Waals surface area (Å²) in [5.41, 5.74) is 3.05. The maximum absolute atomic E-state index is 15.2. The summed E-state index contributed by atoms with van der Waals surface area (Å²) in [5, 5.41) is 3.04. The third-order valence-electron chi connectivity index (χ3n) is 7.39. The van der Waals surface area contributed by atoms with Crippen molar-refractivity contribution in [1.29, 1.82) is 0 Å². The van der Waals surface area contributed by atoms with Gasteiger partial charge >= 0.3 is 0 Å². The number of nitrogens with one attached hydrogen (secondary N) is 1. The first-order valence-electron chi connectivity index (χ1n) is 12.7. The van der Waals surface area contributed by atoms with Gasteiger partial charge in [-0.1, -0.05) is 18.9 Å². The minimum atomic E-state index is -0.652. The van der Waals surface area contributed by atoms with E-state index in [9.17, 15) is 9.18 Å². The molecule has 0 saturated heterocycles. The molecule has 1 aliphatic heterocycles. The zero-order valence-electron chi connectivity index (χ0n) is 20.8. The number of carbonyl (C=O) groups is 1. The lowest BCUT2D eigenvalue weighted by Gasteiger charge is -2.28. The van der Waals surface area contributed by atoms with Gasteiger partial charge in [-0.3, -0.25) is 4.79 Å². The SMILES string of the molecule is Cc1nc2c(F)cc(-c3nc(Nc4ccc5c(n4)CCN(C(=O)CCl)C5)ncc3F)cc2n1C1CCCC1. The van der Waals surface area contributed by atoms with Crippen LogP contribution in [0.25, 0.3) is 22.3 Å². The van der Waals surface area contributed by atoms with E-state index in [0.717, 1.165) is 49.0 Å². The maximum Gasteiger partial charge on any atom is 0.237 e. The normalized spacial score (nSPS) is 15.7. The number of fused-ring (bicyclic) bond motifs is 2. The predicted molar refractivity (Wildman–Crippen MR) is 140 cm³/mol. The van der Waals surface area contributed by atoms with E-state index >= 15 is 4.39 Å². The van der Waals surface area contributed by atoms with E-state index in [4.69, 9.17) is 11.6 Å². The first-order valence-corrected chi connectivity index (χ1v) is 13.3. The van der Waals surface area contributed by atoms with Crippen molar-refractivity contribution >= 4 is 40.3 Å². The third-order valence-corrected chi connectivity index (χ3v) is 7.62. The number of pyridine rings is 1. The predicted octanol–water partition coefficient (Wildman–Crippen LogP) is 5.46. The number of alkyl halides is 1. The molecule has 0 radical (unpaired) electrons. The Morgan fingerprint density at radius 3 is 2.74 bits per heavy atom. The zero-order chi connectivity index (χ0) is 26.4. The Morgan fingerprint density at radius 2 is 1.95 bits per heavy atom. The number of rotatable bonds is 5. The molecule has 38 heavy (non-hydrogen) atoms. The van der Waals surface area contributed by atoms with Gasteiger partial charge in [0.2, 0.25) is 11.9 Å². The van der Waals surface area contributed by atoms with Crippen LogP contribution in [-0.4, -0.2) is 47.7 Å². The summed E-state index contributed by atoms with van der Waals surface area (Å²) in [6, 6.07) is 6.94. The van der Waals surface area contributed by atoms with Crippen LogP contribution in [0.4, 0.5) is 20.5 Å². The lowest BCUT2D eigenvalue weighted by molar-refractivity contribution is -0.129. The molecule has 6 rings (SSSR count). The molecule has 0 spiro atoms. The summed E-state index contributed by atoms with van der Waals surface area (Å²) in [6.07, 6.45) is 5.95. The molecule has 8 nitrogen and oxygen atoms in total. The summed E-state index contributed by atoms with van der Waals surface area (Å²) in [6.45, 7) is 2.87. The monoisotopic (exact) mass is 537 g/mol. The Morgan fingerprint density at radius 1 is 1.13 bits per heavy atom.